The van der Waals surface area contributed by atoms with Crippen LogP contribution in [0.4, 0.5) is 43.8 Å². The summed E-state index contributed by atoms with van der Waals surface area (Å²) >= 11 is 38.7. The third kappa shape index (κ3) is 19.5. The highest BCUT2D eigenvalue weighted by molar-refractivity contribution is 7.85. The van der Waals surface area contributed by atoms with E-state index < -0.39 is 85.4 Å². The van der Waals surface area contributed by atoms with E-state index in [9.17, 15) is 64.5 Å². The molecule has 0 radical (unpaired) electrons. The van der Waals surface area contributed by atoms with Crippen LogP contribution in [0.25, 0.3) is 33.8 Å². The van der Waals surface area contributed by atoms with Gasteiger partial charge in [0.05, 0.1) is 109 Å². The lowest BCUT2D eigenvalue weighted by Gasteiger charge is -2.47. The maximum atomic E-state index is 14.9. The number of carboxylic acid groups (broad SMARTS) is 2. The minimum Gasteiger partial charge on any atom is -0.489 e. The van der Waals surface area contributed by atoms with Gasteiger partial charge in [-0.05, 0) is 161 Å². The Morgan fingerprint density at radius 3 is 1.08 bits per heavy atom. The molecule has 0 atom stereocenters. The first-order valence-corrected chi connectivity index (χ1v) is 42.8. The van der Waals surface area contributed by atoms with Gasteiger partial charge in [-0.15, -0.1) is 0 Å². The second-order valence-corrected chi connectivity index (χ2v) is 35.3. The first-order valence-electron chi connectivity index (χ1n) is 38.9. The smallest absolute Gasteiger partial charge is 0.337 e. The van der Waals surface area contributed by atoms with Crippen LogP contribution in [-0.2, 0) is 46.7 Å². The van der Waals surface area contributed by atoms with Crippen molar-refractivity contribution in [1.82, 2.24) is 35.7 Å². The standard InChI is InChI=1S/C31H28Cl2F2N4O7S.C29H23Cl2F2N3O5.C27H21Cl2F2N3O5/c1-16-8-19(34)10-24(33)26(16)27-21(28(46-38-27)17-2-3-17)13-45-20-4-5-22(23(32)11-20)31(41)14-39(15-31)29-25(35)9-18(12-37-29)30(40)36-6-7-47(42,43)44;1-14-6-17(32)8-22(31)24(14)25-19(26(41-35-25)15-2-3-15)11-40-18-4-5-20(21(30)9-18)29(39)12-36(13-29)27-23(33)7-16(10-34-27)28(37)38;1-13-5-16(30)7-21(29)23(13)24-18(14(2)39-33-24)10-38-17-3-4-19(20(28)8-17)27(37)11-34(12-27)25-22(31)6-15(9-32-25)26(35)36/h4-5,8-12,17,41H,2-3,6-7,13-15H2,1H3,(H,36,40)(H,42,43,44);4-10,15,39H,2-3,11-13H2,1H3,(H,37,38);3-9,37H,10-12H2,1-2H3,(H,35,36). The Balaban J connectivity index is 0.000000147. The number of hydrogen-bond acceptors (Lipinski definition) is 23. The zero-order valence-corrected chi connectivity index (χ0v) is 72.4. The zero-order chi connectivity index (χ0) is 90.8. The Labute approximate surface area is 749 Å². The fraction of sp³-hybridized carbons (Fsp3) is 0.276. The van der Waals surface area contributed by atoms with Crippen LogP contribution in [0, 0.1) is 62.6 Å². The number of halogens is 12. The first-order chi connectivity index (χ1) is 60.2. The molecule has 40 heteroatoms. The van der Waals surface area contributed by atoms with Crippen LogP contribution in [0.1, 0.15) is 136 Å². The molecule has 3 saturated heterocycles. The van der Waals surface area contributed by atoms with Crippen molar-refractivity contribution in [1.29, 1.82) is 0 Å². The number of β-amino-alcohol motifs (C(OH)–C–C–N with tert-alkyl or cyclic N) is 3. The molecule has 2 aliphatic carbocycles. The number of carbonyl (C=O) groups is 3. The van der Waals surface area contributed by atoms with Crippen molar-refractivity contribution < 1.29 is 107 Å². The third-order valence-electron chi connectivity index (χ3n) is 21.9. The van der Waals surface area contributed by atoms with Gasteiger partial charge in [0.2, 0.25) is 0 Å². The van der Waals surface area contributed by atoms with E-state index in [4.69, 9.17) is 112 Å². The van der Waals surface area contributed by atoms with Gasteiger partial charge in [0.25, 0.3) is 16.0 Å². The summed E-state index contributed by atoms with van der Waals surface area (Å²) in [5.74, 6) is -4.37. The molecule has 27 nitrogen and oxygen atoms in total. The number of benzene rings is 6. The topological polar surface area (TPSA) is 373 Å². The molecule has 2 saturated carbocycles. The number of pyridine rings is 3. The van der Waals surface area contributed by atoms with E-state index in [0.29, 0.717) is 113 Å². The Kier molecular flexibility index (Phi) is 25.7. The molecule has 127 heavy (non-hydrogen) atoms. The molecule has 3 aliphatic heterocycles. The van der Waals surface area contributed by atoms with Crippen molar-refractivity contribution in [3.05, 3.63) is 277 Å². The minimum absolute atomic E-state index is 0.00425. The quantitative estimate of drug-likeness (QED) is 0.0195. The van der Waals surface area contributed by atoms with E-state index in [1.807, 2.05) is 0 Å². The molecule has 0 unspecified atom stereocenters. The van der Waals surface area contributed by atoms with Gasteiger partial charge in [0.15, 0.2) is 34.9 Å². The largest absolute Gasteiger partial charge is 0.489 e. The summed E-state index contributed by atoms with van der Waals surface area (Å²) in [7, 11) is -4.26. The number of carboxylic acids is 2. The van der Waals surface area contributed by atoms with Crippen LogP contribution in [0.3, 0.4) is 0 Å². The van der Waals surface area contributed by atoms with Crippen molar-refractivity contribution in [3.8, 4) is 51.0 Å². The van der Waals surface area contributed by atoms with E-state index in [1.165, 1.54) is 51.1 Å². The number of ether oxygens (including phenoxy) is 3. The summed E-state index contributed by atoms with van der Waals surface area (Å²) in [6.45, 7) is 6.76. The second-order valence-electron chi connectivity index (χ2n) is 31.3. The van der Waals surface area contributed by atoms with Crippen molar-refractivity contribution in [2.24, 2.45) is 0 Å². The highest BCUT2D eigenvalue weighted by Crippen LogP contribution is 2.50. The number of aromatic nitrogens is 6. The van der Waals surface area contributed by atoms with Crippen LogP contribution < -0.4 is 34.2 Å². The Morgan fingerprint density at radius 2 is 0.772 bits per heavy atom. The number of aryl methyl sites for hydroxylation is 4. The predicted octanol–water partition coefficient (Wildman–Crippen LogP) is 17.8. The van der Waals surface area contributed by atoms with E-state index in [-0.39, 0.29) is 142 Å². The number of aliphatic hydroxyl groups is 3. The number of nitrogens with one attached hydrogen (secondary N) is 1. The van der Waals surface area contributed by atoms with Gasteiger partial charge in [0.1, 0.15) is 106 Å². The molecule has 5 fully saturated rings. The van der Waals surface area contributed by atoms with Crippen LogP contribution in [0.5, 0.6) is 17.2 Å². The van der Waals surface area contributed by atoms with Crippen LogP contribution >= 0.6 is 69.6 Å². The zero-order valence-electron chi connectivity index (χ0n) is 67.0. The van der Waals surface area contributed by atoms with Gasteiger partial charge in [-0.2, -0.15) is 8.42 Å². The fourth-order valence-electron chi connectivity index (χ4n) is 15.2. The van der Waals surface area contributed by atoms with Crippen LogP contribution in [0.15, 0.2) is 141 Å². The molecule has 0 spiro atoms. The number of rotatable bonds is 26. The lowest BCUT2D eigenvalue weighted by Crippen LogP contribution is -2.60. The van der Waals surface area contributed by atoms with Gasteiger partial charge in [0, 0.05) is 70.4 Å². The summed E-state index contributed by atoms with van der Waals surface area (Å²) in [5.41, 5.74) is 3.40. The maximum Gasteiger partial charge on any atom is 0.337 e. The van der Waals surface area contributed by atoms with Gasteiger partial charge in [-0.25, -0.2) is 50.9 Å². The van der Waals surface area contributed by atoms with E-state index in [2.05, 4.69) is 35.7 Å². The van der Waals surface area contributed by atoms with Crippen molar-refractivity contribution in [3.63, 3.8) is 0 Å². The van der Waals surface area contributed by atoms with Gasteiger partial charge in [-0.3, -0.25) is 9.35 Å². The normalized spacial score (nSPS) is 15.4. The average molecular weight is 1890 g/mol. The van der Waals surface area contributed by atoms with Crippen LogP contribution in [0.2, 0.25) is 30.1 Å². The summed E-state index contributed by atoms with van der Waals surface area (Å²) in [6, 6.07) is 25.0. The first kappa shape index (κ1) is 90.5. The van der Waals surface area contributed by atoms with E-state index in [1.54, 1.807) is 82.3 Å². The number of amides is 1. The van der Waals surface area contributed by atoms with E-state index >= 15 is 0 Å². The molecule has 9 heterocycles. The highest BCUT2D eigenvalue weighted by atomic mass is 35.5. The predicted molar refractivity (Wildman–Crippen MR) is 455 cm³/mol. The molecule has 662 valence electrons. The average Bonchev–Trinajstić information content (AvgIpc) is 1.71. The lowest BCUT2D eigenvalue weighted by atomic mass is 9.86. The number of hydrogen-bond donors (Lipinski definition) is 7. The maximum absolute atomic E-state index is 14.9. The molecule has 6 aromatic carbocycles. The molecular formula is C87H72Cl6F6N10O17S. The third-order valence-corrected chi connectivity index (χ3v) is 24.5. The second kappa shape index (κ2) is 36.1. The number of carbonyl (C=O) groups excluding carboxylic acids is 1. The fourth-order valence-corrected chi connectivity index (χ4v) is 17.7. The highest BCUT2D eigenvalue weighted by Gasteiger charge is 2.49. The van der Waals surface area contributed by atoms with E-state index in [0.717, 1.165) is 68.0 Å². The Bertz CT molecular complexity index is 6420. The summed E-state index contributed by atoms with van der Waals surface area (Å²) in [5, 5.41) is 67.8. The SMILES string of the molecule is Cc1cc(F)cc(Cl)c1-c1noc(C)c1COc1ccc(C2(O)CN(c3ncc(C(=O)O)cc3F)C2)c(Cl)c1.Cc1cc(F)cc(Cl)c1-c1noc(C2CC2)c1COc1ccc(C2(O)CN(c3ncc(C(=O)NCCS(=O)(=O)O)cc3F)C2)c(Cl)c1.Cc1cc(F)cc(Cl)c1-c1noc(C2CC2)c1COc1ccc(C2(O)CN(c3ncc(C(=O)O)cc3F)C2)c(Cl)c1. The van der Waals surface area contributed by atoms with Crippen LogP contribution in [-0.4, -0.2) is 138 Å². The number of anilines is 3. The number of nitrogens with zero attached hydrogens (tertiary/aromatic N) is 9. The Hall–Kier alpha value is -11.3. The molecule has 1 amide bonds. The molecule has 5 aliphatic rings. The van der Waals surface area contributed by atoms with Gasteiger partial charge >= 0.3 is 11.9 Å². The molecular weight excluding hydrogens is 1820 g/mol. The lowest BCUT2D eigenvalue weighted by molar-refractivity contribution is 0.00633. The monoisotopic (exact) mass is 1880 g/mol. The molecule has 12 aromatic rings. The summed E-state index contributed by atoms with van der Waals surface area (Å²) in [4.78, 5) is 50.5. The molecule has 7 N–H and O–H groups in total. The van der Waals surface area contributed by atoms with Gasteiger partial charge < -0.3 is 73.3 Å². The summed E-state index contributed by atoms with van der Waals surface area (Å²) in [6.07, 6.45) is 7.09. The number of aromatic carboxylic acids is 2. The van der Waals surface area contributed by atoms with Crippen molar-refractivity contribution in [2.45, 2.75) is 102 Å². The molecule has 6 aromatic heterocycles. The molecule has 17 rings (SSSR count). The summed E-state index contributed by atoms with van der Waals surface area (Å²) < 4.78 is 150. The van der Waals surface area contributed by atoms with Gasteiger partial charge in [-0.1, -0.05) is 103 Å². The van der Waals surface area contributed by atoms with Crippen molar-refractivity contribution >= 4 is 115 Å². The Morgan fingerprint density at radius 1 is 0.457 bits per heavy atom. The van der Waals surface area contributed by atoms with Crippen molar-refractivity contribution in [2.75, 3.05) is 66.3 Å². The molecule has 0 bridgehead atoms. The minimum atomic E-state index is -4.26.